The van der Waals surface area contributed by atoms with Crippen molar-refractivity contribution >= 4 is 5.84 Å². The zero-order valence-corrected chi connectivity index (χ0v) is 8.55. The molecular weight excluding hydrogens is 160 g/mol. The van der Waals surface area contributed by atoms with Crippen molar-refractivity contribution in [2.75, 3.05) is 13.1 Å². The molecule has 1 heterocycles. The van der Waals surface area contributed by atoms with Gasteiger partial charge in [-0.05, 0) is 31.1 Å². The second-order valence-electron chi connectivity index (χ2n) is 4.60. The highest BCUT2D eigenvalue weighted by Crippen LogP contribution is 2.29. The largest absolute Gasteiger partial charge is 0.374 e. The average molecular weight is 180 g/mol. The lowest BCUT2D eigenvalue weighted by Crippen LogP contribution is -2.26. The normalized spacial score (nSPS) is 33.5. The summed E-state index contributed by atoms with van der Waals surface area (Å²) >= 11 is 0. The highest BCUT2D eigenvalue weighted by Gasteiger charge is 2.21. The summed E-state index contributed by atoms with van der Waals surface area (Å²) in [4.78, 5) is 4.42. The molecule has 2 aliphatic rings. The van der Waals surface area contributed by atoms with Gasteiger partial charge in [-0.3, -0.25) is 4.99 Å². The Labute approximate surface area is 80.8 Å². The summed E-state index contributed by atoms with van der Waals surface area (Å²) in [6.07, 6.45) is 6.70. The Morgan fingerprint density at radius 3 is 3.00 bits per heavy atom. The van der Waals surface area contributed by atoms with Crippen LogP contribution in [-0.2, 0) is 0 Å². The smallest absolute Gasteiger partial charge is 0.0963 e. The van der Waals surface area contributed by atoms with Gasteiger partial charge in [0.05, 0.1) is 5.84 Å². The minimum Gasteiger partial charge on any atom is -0.374 e. The van der Waals surface area contributed by atoms with E-state index in [-0.39, 0.29) is 0 Å². The third-order valence-corrected chi connectivity index (χ3v) is 3.27. The molecule has 1 fully saturated rings. The van der Waals surface area contributed by atoms with E-state index in [1.165, 1.54) is 44.5 Å². The minimum atomic E-state index is 0.915. The average Bonchev–Trinajstić information content (AvgIpc) is 2.71. The van der Waals surface area contributed by atoms with Crippen LogP contribution in [-0.4, -0.2) is 18.9 Å². The molecule has 2 rings (SSSR count). The van der Waals surface area contributed by atoms with Crippen molar-refractivity contribution in [2.45, 2.75) is 39.0 Å². The first kappa shape index (κ1) is 9.04. The quantitative estimate of drug-likeness (QED) is 0.692. The summed E-state index contributed by atoms with van der Waals surface area (Å²) in [5.74, 6) is 3.13. The van der Waals surface area contributed by atoms with Crippen molar-refractivity contribution < 1.29 is 0 Å². The van der Waals surface area contributed by atoms with E-state index in [9.17, 15) is 0 Å². The van der Waals surface area contributed by atoms with Crippen LogP contribution >= 0.6 is 0 Å². The fourth-order valence-electron chi connectivity index (χ4n) is 2.46. The number of aliphatic imine (C=N–C) groups is 1. The number of hydrogen-bond donors (Lipinski definition) is 1. The number of nitrogens with zero attached hydrogens (tertiary/aromatic N) is 1. The van der Waals surface area contributed by atoms with E-state index in [2.05, 4.69) is 17.2 Å². The van der Waals surface area contributed by atoms with Crippen molar-refractivity contribution in [3.8, 4) is 0 Å². The van der Waals surface area contributed by atoms with E-state index in [0.29, 0.717) is 0 Å². The SMILES string of the molecule is CC1CCC(CNC2=NCCC2)C1. The number of nitrogens with one attached hydrogen (secondary N) is 1. The molecule has 2 heteroatoms. The van der Waals surface area contributed by atoms with Gasteiger partial charge in [-0.15, -0.1) is 0 Å². The van der Waals surface area contributed by atoms with Crippen LogP contribution in [0.5, 0.6) is 0 Å². The van der Waals surface area contributed by atoms with Crippen LogP contribution in [0.1, 0.15) is 39.0 Å². The van der Waals surface area contributed by atoms with E-state index in [1.807, 2.05) is 0 Å². The minimum absolute atomic E-state index is 0.915. The van der Waals surface area contributed by atoms with Gasteiger partial charge in [0.25, 0.3) is 0 Å². The maximum Gasteiger partial charge on any atom is 0.0963 e. The zero-order chi connectivity index (χ0) is 9.10. The summed E-state index contributed by atoms with van der Waals surface area (Å²) in [6, 6.07) is 0. The van der Waals surface area contributed by atoms with Crippen LogP contribution < -0.4 is 5.32 Å². The van der Waals surface area contributed by atoms with Gasteiger partial charge in [0.15, 0.2) is 0 Å². The third-order valence-electron chi connectivity index (χ3n) is 3.27. The Morgan fingerprint density at radius 1 is 1.46 bits per heavy atom. The van der Waals surface area contributed by atoms with Gasteiger partial charge >= 0.3 is 0 Å². The van der Waals surface area contributed by atoms with Gasteiger partial charge < -0.3 is 5.32 Å². The molecule has 1 saturated carbocycles. The second kappa shape index (κ2) is 4.12. The van der Waals surface area contributed by atoms with Gasteiger partial charge in [-0.2, -0.15) is 0 Å². The lowest BCUT2D eigenvalue weighted by atomic mass is 10.1. The molecule has 1 N–H and O–H groups in total. The van der Waals surface area contributed by atoms with Gasteiger partial charge in [0.1, 0.15) is 0 Å². The fraction of sp³-hybridized carbons (Fsp3) is 0.909. The highest BCUT2D eigenvalue weighted by molar-refractivity contribution is 5.83. The molecule has 1 aliphatic carbocycles. The molecule has 1 aliphatic heterocycles. The molecule has 0 radical (unpaired) electrons. The van der Waals surface area contributed by atoms with Crippen LogP contribution in [0, 0.1) is 11.8 Å². The van der Waals surface area contributed by atoms with Gasteiger partial charge in [-0.25, -0.2) is 0 Å². The molecule has 0 aromatic rings. The monoisotopic (exact) mass is 180 g/mol. The maximum absolute atomic E-state index is 4.42. The lowest BCUT2D eigenvalue weighted by Gasteiger charge is -2.11. The number of amidine groups is 1. The van der Waals surface area contributed by atoms with E-state index in [4.69, 9.17) is 0 Å². The molecule has 0 amide bonds. The Kier molecular flexibility index (Phi) is 2.87. The van der Waals surface area contributed by atoms with E-state index in [1.54, 1.807) is 0 Å². The Balaban J connectivity index is 1.67. The molecule has 0 aromatic carbocycles. The molecule has 0 spiro atoms. The highest BCUT2D eigenvalue weighted by atomic mass is 15.0. The van der Waals surface area contributed by atoms with E-state index < -0.39 is 0 Å². The molecule has 13 heavy (non-hydrogen) atoms. The van der Waals surface area contributed by atoms with Gasteiger partial charge in [0.2, 0.25) is 0 Å². The Hall–Kier alpha value is -0.530. The summed E-state index contributed by atoms with van der Waals surface area (Å²) < 4.78 is 0. The van der Waals surface area contributed by atoms with Crippen molar-refractivity contribution in [2.24, 2.45) is 16.8 Å². The first-order valence-electron chi connectivity index (χ1n) is 5.62. The first-order valence-corrected chi connectivity index (χ1v) is 5.62. The predicted octanol–water partition coefficient (Wildman–Crippen LogP) is 2.20. The molecule has 0 aromatic heterocycles. The van der Waals surface area contributed by atoms with Crippen molar-refractivity contribution in [1.82, 2.24) is 5.32 Å². The number of rotatable bonds is 2. The van der Waals surface area contributed by atoms with Crippen molar-refractivity contribution in [3.63, 3.8) is 0 Å². The molecule has 2 unspecified atom stereocenters. The van der Waals surface area contributed by atoms with Crippen molar-refractivity contribution in [3.05, 3.63) is 0 Å². The van der Waals surface area contributed by atoms with Crippen LogP contribution in [0.25, 0.3) is 0 Å². The molecule has 74 valence electrons. The molecule has 0 saturated heterocycles. The fourth-order valence-corrected chi connectivity index (χ4v) is 2.46. The van der Waals surface area contributed by atoms with Crippen LogP contribution in [0.2, 0.25) is 0 Å². The summed E-state index contributed by atoms with van der Waals surface area (Å²) in [5, 5.41) is 3.49. The first-order chi connectivity index (χ1) is 6.34. The summed E-state index contributed by atoms with van der Waals surface area (Å²) in [6.45, 7) is 4.58. The Bertz CT molecular complexity index is 198. The van der Waals surface area contributed by atoms with Crippen molar-refractivity contribution in [1.29, 1.82) is 0 Å². The number of hydrogen-bond acceptors (Lipinski definition) is 2. The summed E-state index contributed by atoms with van der Waals surface area (Å²) in [7, 11) is 0. The summed E-state index contributed by atoms with van der Waals surface area (Å²) in [5.41, 5.74) is 0. The zero-order valence-electron chi connectivity index (χ0n) is 8.55. The third kappa shape index (κ3) is 2.45. The predicted molar refractivity (Wildman–Crippen MR) is 56.0 cm³/mol. The molecular formula is C11H20N2. The standard InChI is InChI=1S/C11H20N2/c1-9-4-5-10(7-9)8-13-11-3-2-6-12-11/h9-10H,2-8H2,1H3,(H,12,13). The van der Waals surface area contributed by atoms with Gasteiger partial charge in [-0.1, -0.05) is 13.3 Å². The molecule has 0 bridgehead atoms. The van der Waals surface area contributed by atoms with E-state index >= 15 is 0 Å². The van der Waals surface area contributed by atoms with Crippen LogP contribution in [0.4, 0.5) is 0 Å². The topological polar surface area (TPSA) is 24.4 Å². The molecule has 2 atom stereocenters. The van der Waals surface area contributed by atoms with Crippen LogP contribution in [0.3, 0.4) is 0 Å². The van der Waals surface area contributed by atoms with Crippen LogP contribution in [0.15, 0.2) is 4.99 Å². The second-order valence-corrected chi connectivity index (χ2v) is 4.60. The Morgan fingerprint density at radius 2 is 2.38 bits per heavy atom. The van der Waals surface area contributed by atoms with E-state index in [0.717, 1.165) is 18.4 Å². The lowest BCUT2D eigenvalue weighted by molar-refractivity contribution is 0.506. The maximum atomic E-state index is 4.42. The molecule has 2 nitrogen and oxygen atoms in total. The van der Waals surface area contributed by atoms with Gasteiger partial charge in [0, 0.05) is 19.5 Å².